The number of unbranched alkanes of at least 4 members (excludes halogenated alkanes) is 1. The molecule has 0 bridgehead atoms. The normalized spacial score (nSPS) is 11.6. The summed E-state index contributed by atoms with van der Waals surface area (Å²) in [6.07, 6.45) is 5.62. The van der Waals surface area contributed by atoms with Crippen molar-refractivity contribution in [1.29, 1.82) is 0 Å². The van der Waals surface area contributed by atoms with E-state index >= 15 is 0 Å². The number of hydrogen-bond acceptors (Lipinski definition) is 2. The Morgan fingerprint density at radius 2 is 1.67 bits per heavy atom. The van der Waals surface area contributed by atoms with Crippen LogP contribution in [0.15, 0.2) is 78.4 Å². The van der Waals surface area contributed by atoms with E-state index in [0.717, 1.165) is 36.1 Å². The number of rotatable bonds is 11. The molecule has 160 valence electrons. The number of hydrogen-bond donors (Lipinski definition) is 2. The first-order chi connectivity index (χ1) is 14.4. The molecule has 2 nitrogen and oxygen atoms in total. The highest BCUT2D eigenvalue weighted by Crippen LogP contribution is 2.33. The van der Waals surface area contributed by atoms with Gasteiger partial charge in [-0.2, -0.15) is 0 Å². The smallest absolute Gasteiger partial charge is 0.0491 e. The van der Waals surface area contributed by atoms with E-state index in [0.29, 0.717) is 5.92 Å². The maximum atomic E-state index is 5.60. The van der Waals surface area contributed by atoms with Gasteiger partial charge in [0.1, 0.15) is 0 Å². The second-order valence-electron chi connectivity index (χ2n) is 8.26. The molecule has 0 saturated carbocycles. The molecule has 2 heteroatoms. The van der Waals surface area contributed by atoms with E-state index in [1.54, 1.807) is 0 Å². The SMILES string of the molecule is C=C(NN)c1ccccc1-c1ccc(CC(C(=C)CCCC)C(CC)=C(C)C)cc1. The predicted octanol–water partition coefficient (Wildman–Crippen LogP) is 7.44. The molecule has 3 N–H and O–H groups in total. The Bertz CT molecular complexity index is 883. The maximum absolute atomic E-state index is 5.60. The van der Waals surface area contributed by atoms with Crippen molar-refractivity contribution in [3.8, 4) is 11.1 Å². The lowest BCUT2D eigenvalue weighted by atomic mass is 9.81. The Hall–Kier alpha value is -2.58. The molecule has 0 heterocycles. The van der Waals surface area contributed by atoms with Crippen molar-refractivity contribution < 1.29 is 0 Å². The minimum absolute atomic E-state index is 0.422. The van der Waals surface area contributed by atoms with Crippen LogP contribution in [0.2, 0.25) is 0 Å². The Labute approximate surface area is 183 Å². The maximum Gasteiger partial charge on any atom is 0.0491 e. The summed E-state index contributed by atoms with van der Waals surface area (Å²) in [5.74, 6) is 6.02. The first-order valence-electron chi connectivity index (χ1n) is 11.1. The first kappa shape index (κ1) is 23.7. The zero-order valence-corrected chi connectivity index (χ0v) is 19.2. The van der Waals surface area contributed by atoms with E-state index in [-0.39, 0.29) is 0 Å². The van der Waals surface area contributed by atoms with Gasteiger partial charge in [-0.3, -0.25) is 5.84 Å². The largest absolute Gasteiger partial charge is 0.324 e. The Morgan fingerprint density at radius 3 is 2.23 bits per heavy atom. The Kier molecular flexibility index (Phi) is 9.14. The average Bonchev–Trinajstić information content (AvgIpc) is 2.77. The summed E-state index contributed by atoms with van der Waals surface area (Å²) in [6, 6.07) is 17.1. The van der Waals surface area contributed by atoms with Crippen LogP contribution in [0.1, 0.15) is 64.5 Å². The van der Waals surface area contributed by atoms with Gasteiger partial charge in [-0.25, -0.2) is 0 Å². The van der Waals surface area contributed by atoms with E-state index in [1.807, 2.05) is 18.2 Å². The van der Waals surface area contributed by atoms with Gasteiger partial charge >= 0.3 is 0 Å². The summed E-state index contributed by atoms with van der Waals surface area (Å²) in [5, 5.41) is 0. The van der Waals surface area contributed by atoms with Crippen molar-refractivity contribution in [2.45, 2.75) is 59.8 Å². The molecule has 2 aromatic carbocycles. The van der Waals surface area contributed by atoms with Gasteiger partial charge in [-0.05, 0) is 56.2 Å². The molecule has 0 radical (unpaired) electrons. The number of allylic oxidation sites excluding steroid dienone is 3. The van der Waals surface area contributed by atoms with Gasteiger partial charge in [0, 0.05) is 17.2 Å². The highest BCUT2D eigenvalue weighted by molar-refractivity contribution is 5.79. The highest BCUT2D eigenvalue weighted by Gasteiger charge is 2.18. The number of benzene rings is 2. The highest BCUT2D eigenvalue weighted by atomic mass is 15.2. The van der Waals surface area contributed by atoms with Crippen LogP contribution in [-0.4, -0.2) is 0 Å². The lowest BCUT2D eigenvalue weighted by molar-refractivity contribution is 0.624. The number of nitrogens with one attached hydrogen (secondary N) is 1. The minimum Gasteiger partial charge on any atom is -0.324 e. The zero-order valence-electron chi connectivity index (χ0n) is 19.2. The van der Waals surface area contributed by atoms with Crippen molar-refractivity contribution in [2.24, 2.45) is 11.8 Å². The van der Waals surface area contributed by atoms with Crippen molar-refractivity contribution in [1.82, 2.24) is 5.43 Å². The van der Waals surface area contributed by atoms with E-state index in [1.165, 1.54) is 40.7 Å². The third-order valence-electron chi connectivity index (χ3n) is 5.92. The van der Waals surface area contributed by atoms with Crippen LogP contribution in [0.4, 0.5) is 0 Å². The minimum atomic E-state index is 0.422. The van der Waals surface area contributed by atoms with Crippen LogP contribution in [-0.2, 0) is 6.42 Å². The summed E-state index contributed by atoms with van der Waals surface area (Å²) in [7, 11) is 0. The number of hydrazine groups is 1. The fraction of sp³-hybridized carbons (Fsp3) is 0.357. The molecule has 1 atom stereocenters. The Balaban J connectivity index is 2.31. The topological polar surface area (TPSA) is 38.0 Å². The molecule has 0 aromatic heterocycles. The molecule has 0 saturated heterocycles. The molecule has 0 aliphatic heterocycles. The molecule has 1 unspecified atom stereocenters. The third-order valence-corrected chi connectivity index (χ3v) is 5.92. The van der Waals surface area contributed by atoms with Crippen molar-refractivity contribution in [2.75, 3.05) is 0 Å². The molecule has 0 amide bonds. The van der Waals surface area contributed by atoms with Crippen LogP contribution in [0.5, 0.6) is 0 Å². The van der Waals surface area contributed by atoms with E-state index in [2.05, 4.69) is 76.6 Å². The zero-order chi connectivity index (χ0) is 22.1. The van der Waals surface area contributed by atoms with Gasteiger partial charge in [0.2, 0.25) is 0 Å². The monoisotopic (exact) mass is 402 g/mol. The number of nitrogens with two attached hydrogens (primary N) is 1. The second kappa shape index (κ2) is 11.6. The Morgan fingerprint density at radius 1 is 1.00 bits per heavy atom. The second-order valence-corrected chi connectivity index (χ2v) is 8.26. The molecule has 0 aliphatic rings. The van der Waals surface area contributed by atoms with Gasteiger partial charge < -0.3 is 5.43 Å². The average molecular weight is 403 g/mol. The summed E-state index contributed by atoms with van der Waals surface area (Å²) in [4.78, 5) is 0. The van der Waals surface area contributed by atoms with Crippen LogP contribution in [0, 0.1) is 5.92 Å². The molecular formula is C28H38N2. The molecule has 0 spiro atoms. The summed E-state index contributed by atoms with van der Waals surface area (Å²) in [5.41, 5.74) is 12.4. The summed E-state index contributed by atoms with van der Waals surface area (Å²) < 4.78 is 0. The standard InChI is InChI=1S/C28H38N2/c1-7-9-12-21(5)28(25(8-2)20(3)4)19-23-15-17-24(18-16-23)27-14-11-10-13-26(27)22(6)30-29/h10-11,13-18,28,30H,5-9,12,19,29H2,1-4H3. The quantitative estimate of drug-likeness (QED) is 0.233. The van der Waals surface area contributed by atoms with Gasteiger partial charge in [-0.1, -0.05) is 98.7 Å². The third kappa shape index (κ3) is 5.96. The fourth-order valence-electron chi connectivity index (χ4n) is 4.17. The van der Waals surface area contributed by atoms with Crippen LogP contribution < -0.4 is 11.3 Å². The molecular weight excluding hydrogens is 364 g/mol. The van der Waals surface area contributed by atoms with Gasteiger partial charge in [0.15, 0.2) is 0 Å². The molecule has 30 heavy (non-hydrogen) atoms. The van der Waals surface area contributed by atoms with Crippen molar-refractivity contribution >= 4 is 5.70 Å². The van der Waals surface area contributed by atoms with Crippen molar-refractivity contribution in [3.63, 3.8) is 0 Å². The van der Waals surface area contributed by atoms with Crippen molar-refractivity contribution in [3.05, 3.63) is 89.5 Å². The van der Waals surface area contributed by atoms with Crippen LogP contribution in [0.25, 0.3) is 16.8 Å². The summed E-state index contributed by atoms with van der Waals surface area (Å²) >= 11 is 0. The van der Waals surface area contributed by atoms with Gasteiger partial charge in [0.25, 0.3) is 0 Å². The molecule has 2 aromatic rings. The van der Waals surface area contributed by atoms with Crippen LogP contribution >= 0.6 is 0 Å². The van der Waals surface area contributed by atoms with Crippen LogP contribution in [0.3, 0.4) is 0 Å². The first-order valence-corrected chi connectivity index (χ1v) is 11.1. The molecule has 2 rings (SSSR count). The molecule has 0 aliphatic carbocycles. The van der Waals surface area contributed by atoms with E-state index < -0.39 is 0 Å². The van der Waals surface area contributed by atoms with Gasteiger partial charge in [0.05, 0.1) is 0 Å². The van der Waals surface area contributed by atoms with E-state index in [4.69, 9.17) is 5.84 Å². The van der Waals surface area contributed by atoms with E-state index in [9.17, 15) is 0 Å². The summed E-state index contributed by atoms with van der Waals surface area (Å²) in [6.45, 7) is 17.5. The fourth-order valence-corrected chi connectivity index (χ4v) is 4.17. The lowest BCUT2D eigenvalue weighted by Crippen LogP contribution is -2.19. The predicted molar refractivity (Wildman–Crippen MR) is 133 cm³/mol. The lowest BCUT2D eigenvalue weighted by Gasteiger charge is -2.24. The van der Waals surface area contributed by atoms with Gasteiger partial charge in [-0.15, -0.1) is 0 Å². The molecule has 0 fully saturated rings.